The number of dihydropyridines is 1. The third-order valence-corrected chi connectivity index (χ3v) is 7.52. The number of carbonyl (C=O) groups is 2. The second-order valence-electron chi connectivity index (χ2n) is 10.2. The Bertz CT molecular complexity index is 1390. The summed E-state index contributed by atoms with van der Waals surface area (Å²) in [5.74, 6) is -0.162. The number of carbonyl (C=O) groups excluding carboxylic acids is 2. The summed E-state index contributed by atoms with van der Waals surface area (Å²) in [6, 6.07) is 27.9. The Labute approximate surface area is 230 Å². The third kappa shape index (κ3) is 5.83. The lowest BCUT2D eigenvalue weighted by atomic mass is 9.71. The molecule has 1 N–H and O–H groups in total. The maximum Gasteiger partial charge on any atom is 0.336 e. The van der Waals surface area contributed by atoms with Crippen LogP contribution < -0.4 is 10.1 Å². The van der Waals surface area contributed by atoms with Gasteiger partial charge in [-0.1, -0.05) is 92.2 Å². The number of allylic oxidation sites excluding steroid dienone is 3. The van der Waals surface area contributed by atoms with Crippen LogP contribution in [-0.2, 0) is 20.9 Å². The number of hydrogen-bond acceptors (Lipinski definition) is 5. The van der Waals surface area contributed by atoms with E-state index in [2.05, 4.69) is 24.4 Å². The minimum atomic E-state index is -0.563. The smallest absolute Gasteiger partial charge is 0.336 e. The first-order valence-corrected chi connectivity index (χ1v) is 13.8. The number of rotatable bonds is 9. The molecule has 5 rings (SSSR count). The number of Topliss-reactive ketones (excluding diaryl/α,β-unsaturated/α-hetero) is 1. The molecule has 0 radical (unpaired) electrons. The Morgan fingerprint density at radius 3 is 2.36 bits per heavy atom. The van der Waals surface area contributed by atoms with E-state index in [-0.39, 0.29) is 17.7 Å². The van der Waals surface area contributed by atoms with Gasteiger partial charge in [0.15, 0.2) is 5.78 Å². The molecule has 1 heterocycles. The Morgan fingerprint density at radius 1 is 0.923 bits per heavy atom. The highest BCUT2D eigenvalue weighted by molar-refractivity contribution is 6.04. The predicted octanol–water partition coefficient (Wildman–Crippen LogP) is 6.97. The van der Waals surface area contributed by atoms with E-state index in [1.165, 1.54) is 0 Å². The molecule has 1 aliphatic carbocycles. The second-order valence-corrected chi connectivity index (χ2v) is 10.2. The highest BCUT2D eigenvalue weighted by Crippen LogP contribution is 2.47. The number of esters is 1. The van der Waals surface area contributed by atoms with Gasteiger partial charge in [-0.25, -0.2) is 4.79 Å². The molecule has 0 spiro atoms. The van der Waals surface area contributed by atoms with Gasteiger partial charge in [-0.3, -0.25) is 4.79 Å². The summed E-state index contributed by atoms with van der Waals surface area (Å²) in [6.07, 6.45) is 2.81. The van der Waals surface area contributed by atoms with E-state index in [1.807, 2.05) is 79.7 Å². The van der Waals surface area contributed by atoms with Gasteiger partial charge in [0.05, 0.1) is 18.1 Å². The standard InChI is InChI=1S/C34H35NO4/c1-3-4-19-38-34(37)31-23(2)35-28-20-26(25-15-9-6-10-16-25)21-29(36)33(28)32(31)27-17-11-12-18-30(27)39-22-24-13-7-5-8-14-24/h5-18,26,32,35H,3-4,19-22H2,1-2H3/t26-,32-/m1/s1. The van der Waals surface area contributed by atoms with Crippen molar-refractivity contribution >= 4 is 11.8 Å². The van der Waals surface area contributed by atoms with E-state index >= 15 is 0 Å². The second kappa shape index (κ2) is 12.2. The molecule has 5 nitrogen and oxygen atoms in total. The van der Waals surface area contributed by atoms with Crippen molar-refractivity contribution in [3.05, 3.63) is 124 Å². The van der Waals surface area contributed by atoms with Crippen molar-refractivity contribution in [3.8, 4) is 5.75 Å². The number of nitrogens with one attached hydrogen (secondary N) is 1. The normalized spacial score (nSPS) is 18.9. The molecule has 1 aliphatic heterocycles. The maximum atomic E-state index is 13.9. The number of benzene rings is 3. The van der Waals surface area contributed by atoms with Crippen LogP contribution in [0.3, 0.4) is 0 Å². The molecule has 0 bridgehead atoms. The molecule has 2 aliphatic rings. The van der Waals surface area contributed by atoms with E-state index in [1.54, 1.807) is 0 Å². The zero-order valence-corrected chi connectivity index (χ0v) is 22.6. The van der Waals surface area contributed by atoms with E-state index in [9.17, 15) is 9.59 Å². The van der Waals surface area contributed by atoms with Crippen LogP contribution in [0.1, 0.15) is 68.1 Å². The molecule has 3 aromatic carbocycles. The molecule has 0 amide bonds. The number of ketones is 1. The molecule has 3 aromatic rings. The zero-order valence-electron chi connectivity index (χ0n) is 22.6. The summed E-state index contributed by atoms with van der Waals surface area (Å²) in [6.45, 7) is 4.69. The summed E-state index contributed by atoms with van der Waals surface area (Å²) in [7, 11) is 0. The van der Waals surface area contributed by atoms with Gasteiger partial charge in [0.1, 0.15) is 12.4 Å². The van der Waals surface area contributed by atoms with Crippen LogP contribution in [0.25, 0.3) is 0 Å². The van der Waals surface area contributed by atoms with Crippen molar-refractivity contribution < 1.29 is 19.1 Å². The molecular formula is C34H35NO4. The van der Waals surface area contributed by atoms with Gasteiger partial charge in [0.25, 0.3) is 0 Å². The molecule has 0 saturated carbocycles. The fourth-order valence-corrected chi connectivity index (χ4v) is 5.55. The van der Waals surface area contributed by atoms with Crippen LogP contribution in [0, 0.1) is 0 Å². The molecule has 200 valence electrons. The summed E-state index contributed by atoms with van der Waals surface area (Å²) in [5.41, 5.74) is 5.72. The van der Waals surface area contributed by atoms with Crippen LogP contribution in [0.2, 0.25) is 0 Å². The minimum absolute atomic E-state index is 0.0480. The largest absolute Gasteiger partial charge is 0.489 e. The predicted molar refractivity (Wildman–Crippen MR) is 152 cm³/mol. The number of unbranched alkanes of at least 4 members (excludes halogenated alkanes) is 1. The van der Waals surface area contributed by atoms with Gasteiger partial charge in [-0.15, -0.1) is 0 Å². The van der Waals surface area contributed by atoms with Gasteiger partial charge < -0.3 is 14.8 Å². The van der Waals surface area contributed by atoms with Crippen molar-refractivity contribution in [3.63, 3.8) is 0 Å². The van der Waals surface area contributed by atoms with Gasteiger partial charge >= 0.3 is 5.97 Å². The van der Waals surface area contributed by atoms with Crippen LogP contribution in [0.5, 0.6) is 5.75 Å². The molecule has 0 unspecified atom stereocenters. The number of hydrogen-bond donors (Lipinski definition) is 1. The van der Waals surface area contributed by atoms with Gasteiger partial charge in [-0.2, -0.15) is 0 Å². The highest BCUT2D eigenvalue weighted by Gasteiger charge is 2.42. The topological polar surface area (TPSA) is 64.6 Å². The van der Waals surface area contributed by atoms with E-state index < -0.39 is 5.92 Å². The molecule has 39 heavy (non-hydrogen) atoms. The van der Waals surface area contributed by atoms with Crippen LogP contribution in [0.4, 0.5) is 0 Å². The molecule has 0 aromatic heterocycles. The lowest BCUT2D eigenvalue weighted by Crippen LogP contribution is -2.36. The SMILES string of the molecule is CCCCOC(=O)C1=C(C)NC2=C(C(=O)C[C@H](c3ccccc3)C2)[C@@H]1c1ccccc1OCc1ccccc1. The van der Waals surface area contributed by atoms with E-state index in [0.717, 1.165) is 40.9 Å². The average molecular weight is 522 g/mol. The zero-order chi connectivity index (χ0) is 27.2. The van der Waals surface area contributed by atoms with E-state index in [4.69, 9.17) is 9.47 Å². The first-order chi connectivity index (χ1) is 19.1. The minimum Gasteiger partial charge on any atom is -0.489 e. The molecular weight excluding hydrogens is 486 g/mol. The highest BCUT2D eigenvalue weighted by atomic mass is 16.5. The van der Waals surface area contributed by atoms with Crippen molar-refractivity contribution in [2.24, 2.45) is 0 Å². The van der Waals surface area contributed by atoms with Crippen molar-refractivity contribution in [1.29, 1.82) is 0 Å². The Hall–Kier alpha value is -4.12. The monoisotopic (exact) mass is 521 g/mol. The van der Waals surface area contributed by atoms with Crippen molar-refractivity contribution in [1.82, 2.24) is 5.32 Å². The quantitative estimate of drug-likeness (QED) is 0.243. The van der Waals surface area contributed by atoms with Gasteiger partial charge in [0.2, 0.25) is 0 Å². The summed E-state index contributed by atoms with van der Waals surface area (Å²) in [4.78, 5) is 27.4. The first-order valence-electron chi connectivity index (χ1n) is 13.8. The summed E-state index contributed by atoms with van der Waals surface area (Å²) in [5, 5.41) is 3.44. The maximum absolute atomic E-state index is 13.9. The molecule has 0 fully saturated rings. The summed E-state index contributed by atoms with van der Waals surface area (Å²) >= 11 is 0. The fraction of sp³-hybridized carbons (Fsp3) is 0.294. The summed E-state index contributed by atoms with van der Waals surface area (Å²) < 4.78 is 12.0. The Kier molecular flexibility index (Phi) is 8.26. The van der Waals surface area contributed by atoms with Crippen molar-refractivity contribution in [2.45, 2.75) is 58.0 Å². The van der Waals surface area contributed by atoms with Gasteiger partial charge in [-0.05, 0) is 42.9 Å². The third-order valence-electron chi connectivity index (χ3n) is 7.52. The van der Waals surface area contributed by atoms with Gasteiger partial charge in [0, 0.05) is 29.0 Å². The number of para-hydroxylation sites is 1. The van der Waals surface area contributed by atoms with Crippen LogP contribution in [-0.4, -0.2) is 18.4 Å². The molecule has 5 heteroatoms. The lowest BCUT2D eigenvalue weighted by Gasteiger charge is -2.37. The van der Waals surface area contributed by atoms with Crippen LogP contribution in [0.15, 0.2) is 107 Å². The average Bonchev–Trinajstić information content (AvgIpc) is 2.96. The van der Waals surface area contributed by atoms with Crippen molar-refractivity contribution in [2.75, 3.05) is 6.61 Å². The fourth-order valence-electron chi connectivity index (χ4n) is 5.55. The Balaban J connectivity index is 1.55. The Morgan fingerprint density at radius 2 is 1.62 bits per heavy atom. The molecule has 2 atom stereocenters. The number of ether oxygens (including phenoxy) is 2. The van der Waals surface area contributed by atoms with Crippen LogP contribution >= 0.6 is 0 Å². The van der Waals surface area contributed by atoms with E-state index in [0.29, 0.717) is 43.0 Å². The molecule has 0 saturated heterocycles. The first kappa shape index (κ1) is 26.5. The lowest BCUT2D eigenvalue weighted by molar-refractivity contribution is -0.139.